The van der Waals surface area contributed by atoms with E-state index in [9.17, 15) is 19.5 Å². The molecule has 0 spiro atoms. The van der Waals surface area contributed by atoms with Crippen molar-refractivity contribution in [3.05, 3.63) is 54.1 Å². The minimum atomic E-state index is -1.04. The summed E-state index contributed by atoms with van der Waals surface area (Å²) < 4.78 is 7.17. The second-order valence-electron chi connectivity index (χ2n) is 14.5. The standard InChI is InChI=1S/C35H54N10O5S/c1-35(2,3)50-34(49)40-28(19-25-14-10-7-11-15-25)31(47)39-29(20-26-21-36-23-37-26)32(48)38-27(18-24-12-8-6-9-13-24)30(46)22-51-33-41-42-43-45(33)17-16-44(4)5/h7,10-11,14-15,21,23-24,27-30,46H,6,8-9,12-13,16-20,22H2,1-5H3,(H,36,37)(H,38,48)(H,39,47)(H,40,49)/t27-,28-,29-,30-/m0/s1. The van der Waals surface area contributed by atoms with Crippen LogP contribution in [-0.2, 0) is 33.7 Å². The molecule has 0 unspecified atom stereocenters. The number of H-pyrrole nitrogens is 1. The summed E-state index contributed by atoms with van der Waals surface area (Å²) in [4.78, 5) is 50.1. The summed E-state index contributed by atoms with van der Waals surface area (Å²) in [6.07, 6.45) is 7.81. The largest absolute Gasteiger partial charge is 0.444 e. The molecule has 1 aliphatic carbocycles. The van der Waals surface area contributed by atoms with Crippen LogP contribution < -0.4 is 16.0 Å². The zero-order chi connectivity index (χ0) is 36.8. The van der Waals surface area contributed by atoms with Gasteiger partial charge in [0.2, 0.25) is 17.0 Å². The third kappa shape index (κ3) is 13.9. The Morgan fingerprint density at radius 2 is 1.75 bits per heavy atom. The van der Waals surface area contributed by atoms with Crippen molar-refractivity contribution in [2.24, 2.45) is 5.92 Å². The van der Waals surface area contributed by atoms with E-state index in [-0.39, 0.29) is 18.6 Å². The minimum Gasteiger partial charge on any atom is -0.444 e. The second-order valence-corrected chi connectivity index (χ2v) is 15.4. The molecule has 1 aromatic carbocycles. The molecule has 280 valence electrons. The number of carbonyl (C=O) groups excluding carboxylic acids is 3. The molecule has 3 aromatic rings. The van der Waals surface area contributed by atoms with Gasteiger partial charge in [-0.05, 0) is 63.2 Å². The molecule has 4 atom stereocenters. The number of hydrogen-bond acceptors (Lipinski definition) is 11. The molecular weight excluding hydrogens is 673 g/mol. The van der Waals surface area contributed by atoms with Gasteiger partial charge in [0.05, 0.1) is 25.0 Å². The van der Waals surface area contributed by atoms with Gasteiger partial charge in [-0.1, -0.05) is 74.2 Å². The van der Waals surface area contributed by atoms with Crippen molar-refractivity contribution in [1.29, 1.82) is 0 Å². The molecule has 0 bridgehead atoms. The number of rotatable bonds is 18. The zero-order valence-electron chi connectivity index (χ0n) is 30.4. The van der Waals surface area contributed by atoms with Crippen LogP contribution in [0.4, 0.5) is 4.79 Å². The molecule has 16 heteroatoms. The van der Waals surface area contributed by atoms with Crippen molar-refractivity contribution < 1.29 is 24.2 Å². The molecule has 1 aliphatic rings. The summed E-state index contributed by atoms with van der Waals surface area (Å²) in [5.41, 5.74) is 0.690. The van der Waals surface area contributed by atoms with Gasteiger partial charge < -0.3 is 35.7 Å². The summed E-state index contributed by atoms with van der Waals surface area (Å²) >= 11 is 1.34. The number of amides is 3. The highest BCUT2D eigenvalue weighted by molar-refractivity contribution is 7.99. The van der Waals surface area contributed by atoms with Gasteiger partial charge in [-0.2, -0.15) is 0 Å². The second kappa shape index (κ2) is 19.6. The number of nitrogens with zero attached hydrogens (tertiary/aromatic N) is 6. The van der Waals surface area contributed by atoms with E-state index in [0.29, 0.717) is 29.7 Å². The lowest BCUT2D eigenvalue weighted by atomic mass is 9.83. The van der Waals surface area contributed by atoms with Crippen LogP contribution in [0.2, 0.25) is 0 Å². The number of aliphatic hydroxyl groups is 1. The number of aromatic amines is 1. The van der Waals surface area contributed by atoms with Crippen LogP contribution in [0.15, 0.2) is 48.0 Å². The van der Waals surface area contributed by atoms with E-state index in [1.165, 1.54) is 24.5 Å². The molecule has 51 heavy (non-hydrogen) atoms. The van der Waals surface area contributed by atoms with Gasteiger partial charge in [-0.3, -0.25) is 9.59 Å². The highest BCUT2D eigenvalue weighted by Gasteiger charge is 2.33. The number of likely N-dealkylation sites (N-methyl/N-ethyl adjacent to an activating group) is 1. The number of aliphatic hydroxyl groups excluding tert-OH is 1. The Hall–Kier alpha value is -4.02. The fraction of sp³-hybridized carbons (Fsp3) is 0.629. The third-order valence-corrected chi connectivity index (χ3v) is 9.71. The lowest BCUT2D eigenvalue weighted by Gasteiger charge is -2.31. The lowest BCUT2D eigenvalue weighted by molar-refractivity contribution is -0.130. The smallest absolute Gasteiger partial charge is 0.408 e. The summed E-state index contributed by atoms with van der Waals surface area (Å²) in [6.45, 7) is 6.59. The van der Waals surface area contributed by atoms with Crippen molar-refractivity contribution in [2.75, 3.05) is 26.4 Å². The van der Waals surface area contributed by atoms with E-state index in [0.717, 1.165) is 37.8 Å². The Morgan fingerprint density at radius 3 is 2.41 bits per heavy atom. The van der Waals surface area contributed by atoms with Gasteiger partial charge in [-0.25, -0.2) is 14.5 Å². The van der Waals surface area contributed by atoms with Crippen molar-refractivity contribution in [3.8, 4) is 0 Å². The van der Waals surface area contributed by atoms with Crippen LogP contribution in [0.3, 0.4) is 0 Å². The Balaban J connectivity index is 1.51. The first-order valence-electron chi connectivity index (χ1n) is 17.7. The maximum absolute atomic E-state index is 14.2. The minimum absolute atomic E-state index is 0.115. The molecule has 0 aliphatic heterocycles. The molecule has 0 radical (unpaired) electrons. The third-order valence-electron chi connectivity index (χ3n) is 8.65. The van der Waals surface area contributed by atoms with Crippen molar-refractivity contribution in [1.82, 2.24) is 51.0 Å². The molecule has 1 saturated carbocycles. The van der Waals surface area contributed by atoms with E-state index in [2.05, 4.69) is 41.4 Å². The number of tetrazole rings is 1. The number of hydrogen-bond donors (Lipinski definition) is 5. The predicted molar refractivity (Wildman–Crippen MR) is 194 cm³/mol. The average Bonchev–Trinajstić information content (AvgIpc) is 3.77. The summed E-state index contributed by atoms with van der Waals surface area (Å²) in [5.74, 6) is -0.387. The molecule has 15 nitrogen and oxygen atoms in total. The number of thioether (sulfide) groups is 1. The molecule has 3 amide bonds. The summed E-state index contributed by atoms with van der Waals surface area (Å²) in [5, 5.41) is 32.9. The van der Waals surface area contributed by atoms with Crippen LogP contribution in [0.5, 0.6) is 0 Å². The number of imidazole rings is 1. The Kier molecular flexibility index (Phi) is 15.2. The van der Waals surface area contributed by atoms with Gasteiger partial charge in [-0.15, -0.1) is 5.10 Å². The van der Waals surface area contributed by atoms with Gasteiger partial charge in [0.25, 0.3) is 0 Å². The van der Waals surface area contributed by atoms with E-state index >= 15 is 0 Å². The first-order chi connectivity index (χ1) is 24.4. The number of carbonyl (C=O) groups is 3. The molecule has 2 heterocycles. The molecule has 5 N–H and O–H groups in total. The van der Waals surface area contributed by atoms with Crippen molar-refractivity contribution in [2.45, 2.75) is 114 Å². The van der Waals surface area contributed by atoms with E-state index in [1.807, 2.05) is 49.3 Å². The van der Waals surface area contributed by atoms with Gasteiger partial charge >= 0.3 is 6.09 Å². The number of nitrogens with one attached hydrogen (secondary N) is 4. The Bertz CT molecular complexity index is 1490. The van der Waals surface area contributed by atoms with E-state index < -0.39 is 47.7 Å². The van der Waals surface area contributed by atoms with Crippen molar-refractivity contribution in [3.63, 3.8) is 0 Å². The molecule has 4 rings (SSSR count). The maximum Gasteiger partial charge on any atom is 0.408 e. The van der Waals surface area contributed by atoms with Crippen molar-refractivity contribution >= 4 is 29.7 Å². The van der Waals surface area contributed by atoms with E-state index in [4.69, 9.17) is 4.74 Å². The Labute approximate surface area is 304 Å². The topological polar surface area (TPSA) is 192 Å². The van der Waals surface area contributed by atoms with Gasteiger partial charge in [0, 0.05) is 37.0 Å². The number of ether oxygens (including phenoxy) is 1. The predicted octanol–water partition coefficient (Wildman–Crippen LogP) is 2.73. The monoisotopic (exact) mass is 726 g/mol. The highest BCUT2D eigenvalue weighted by Crippen LogP contribution is 2.29. The summed E-state index contributed by atoms with van der Waals surface area (Å²) in [7, 11) is 3.95. The van der Waals surface area contributed by atoms with Crippen LogP contribution >= 0.6 is 11.8 Å². The highest BCUT2D eigenvalue weighted by atomic mass is 32.2. The average molecular weight is 727 g/mol. The van der Waals surface area contributed by atoms with Gasteiger partial charge in [0.1, 0.15) is 17.7 Å². The first-order valence-corrected chi connectivity index (χ1v) is 18.7. The number of benzene rings is 1. The normalized spacial score (nSPS) is 16.2. The SMILES string of the molecule is CN(C)CCn1nnnc1SC[C@H](O)[C@H](CC1CCCCC1)NC(=O)[C@H](Cc1cnc[nH]1)NC(=O)[C@H](Cc1ccccc1)NC(=O)OC(C)(C)C. The Morgan fingerprint density at radius 1 is 1.04 bits per heavy atom. The number of aromatic nitrogens is 6. The fourth-order valence-electron chi connectivity index (χ4n) is 6.00. The molecule has 2 aromatic heterocycles. The summed E-state index contributed by atoms with van der Waals surface area (Å²) in [6, 6.07) is 6.65. The van der Waals surface area contributed by atoms with E-state index in [1.54, 1.807) is 31.6 Å². The fourth-order valence-corrected chi connectivity index (χ4v) is 6.92. The maximum atomic E-state index is 14.2. The van der Waals surface area contributed by atoms with Crippen LogP contribution in [0.1, 0.15) is 70.6 Å². The molecule has 1 fully saturated rings. The van der Waals surface area contributed by atoms with Crippen LogP contribution in [0, 0.1) is 5.92 Å². The zero-order valence-corrected chi connectivity index (χ0v) is 31.2. The molecular formula is C35H54N10O5S. The molecule has 0 saturated heterocycles. The number of alkyl carbamates (subject to hydrolysis) is 1. The van der Waals surface area contributed by atoms with Gasteiger partial charge in [0.15, 0.2) is 0 Å². The lowest BCUT2D eigenvalue weighted by Crippen LogP contribution is -2.58. The van der Waals surface area contributed by atoms with Crippen LogP contribution in [0.25, 0.3) is 0 Å². The van der Waals surface area contributed by atoms with Crippen LogP contribution in [-0.4, -0.2) is 114 Å². The quantitative estimate of drug-likeness (QED) is 0.121. The first kappa shape index (κ1) is 39.8.